The number of hydrogen-bond donors (Lipinski definition) is 0. The highest BCUT2D eigenvalue weighted by atomic mass is 19.4. The molecular weight excluding hydrogens is 241 g/mol. The third-order valence-corrected chi connectivity index (χ3v) is 2.44. The van der Waals surface area contributed by atoms with E-state index < -0.39 is 30.0 Å². The smallest absolute Gasteiger partial charge is 0.194 e. The normalized spacial score (nSPS) is 19.6. The minimum atomic E-state index is -6.24. The Bertz CT molecular complexity index is 287. The second-order valence-electron chi connectivity index (χ2n) is 3.62. The van der Waals surface area contributed by atoms with Gasteiger partial charge in [0.05, 0.1) is 0 Å². The maximum atomic E-state index is 13.0. The number of alkyl halides is 7. The first-order chi connectivity index (χ1) is 7.11. The molecule has 0 spiro atoms. The van der Waals surface area contributed by atoms with Crippen molar-refractivity contribution in [3.05, 3.63) is 11.6 Å². The second kappa shape index (κ2) is 3.92. The van der Waals surface area contributed by atoms with E-state index in [0.29, 0.717) is 6.42 Å². The SMILES string of the molecule is FC(F)(F)C(F)(F)C(F)(F)C1=CCCCC1. The Morgan fingerprint density at radius 2 is 1.44 bits per heavy atom. The van der Waals surface area contributed by atoms with Crippen molar-refractivity contribution >= 4 is 0 Å². The molecule has 0 unspecified atom stereocenters. The first-order valence-corrected chi connectivity index (χ1v) is 4.62. The molecular formula is C9H9F7. The minimum absolute atomic E-state index is 0.110. The molecule has 0 N–H and O–H groups in total. The molecule has 0 nitrogen and oxygen atoms in total. The van der Waals surface area contributed by atoms with Gasteiger partial charge < -0.3 is 0 Å². The largest absolute Gasteiger partial charge is 0.460 e. The third kappa shape index (κ3) is 2.04. The van der Waals surface area contributed by atoms with Crippen LogP contribution in [0.3, 0.4) is 0 Å². The molecule has 0 atom stereocenters. The summed E-state index contributed by atoms with van der Waals surface area (Å²) in [5, 5.41) is 0. The summed E-state index contributed by atoms with van der Waals surface area (Å²) in [5.41, 5.74) is -1.11. The van der Waals surface area contributed by atoms with E-state index in [0.717, 1.165) is 6.08 Å². The van der Waals surface area contributed by atoms with Crippen molar-refractivity contribution in [3.8, 4) is 0 Å². The van der Waals surface area contributed by atoms with E-state index >= 15 is 0 Å². The van der Waals surface area contributed by atoms with Gasteiger partial charge in [-0.15, -0.1) is 0 Å². The summed E-state index contributed by atoms with van der Waals surface area (Å²) in [5.74, 6) is -11.2. The van der Waals surface area contributed by atoms with Crippen molar-refractivity contribution in [2.24, 2.45) is 0 Å². The van der Waals surface area contributed by atoms with E-state index in [1.807, 2.05) is 0 Å². The van der Waals surface area contributed by atoms with Gasteiger partial charge in [0.15, 0.2) is 0 Å². The van der Waals surface area contributed by atoms with Gasteiger partial charge in [-0.05, 0) is 25.7 Å². The van der Waals surface area contributed by atoms with Crippen molar-refractivity contribution in [1.82, 2.24) is 0 Å². The Balaban J connectivity index is 3.04. The Labute approximate surface area is 87.1 Å². The lowest BCUT2D eigenvalue weighted by Crippen LogP contribution is -2.53. The highest BCUT2D eigenvalue weighted by Crippen LogP contribution is 2.51. The highest BCUT2D eigenvalue weighted by molar-refractivity contribution is 5.20. The molecule has 1 aliphatic rings. The van der Waals surface area contributed by atoms with Gasteiger partial charge in [-0.3, -0.25) is 0 Å². The average molecular weight is 250 g/mol. The van der Waals surface area contributed by atoms with Crippen molar-refractivity contribution in [3.63, 3.8) is 0 Å². The Morgan fingerprint density at radius 3 is 1.81 bits per heavy atom. The van der Waals surface area contributed by atoms with Crippen LogP contribution in [0, 0.1) is 0 Å². The number of hydrogen-bond acceptors (Lipinski definition) is 0. The lowest BCUT2D eigenvalue weighted by Gasteiger charge is -2.31. The molecule has 0 amide bonds. The molecule has 1 rings (SSSR count). The zero-order valence-electron chi connectivity index (χ0n) is 8.05. The Kier molecular flexibility index (Phi) is 3.27. The molecule has 0 radical (unpaired) electrons. The van der Waals surface area contributed by atoms with Crippen LogP contribution in [0.15, 0.2) is 11.6 Å². The van der Waals surface area contributed by atoms with Crippen LogP contribution < -0.4 is 0 Å². The van der Waals surface area contributed by atoms with Gasteiger partial charge in [0.2, 0.25) is 0 Å². The summed E-state index contributed by atoms with van der Waals surface area (Å²) in [6.45, 7) is 0. The van der Waals surface area contributed by atoms with Gasteiger partial charge >= 0.3 is 18.0 Å². The first-order valence-electron chi connectivity index (χ1n) is 4.62. The molecule has 0 aromatic rings. The van der Waals surface area contributed by atoms with E-state index in [4.69, 9.17) is 0 Å². The molecule has 0 fully saturated rings. The molecule has 0 aliphatic heterocycles. The van der Waals surface area contributed by atoms with Crippen LogP contribution >= 0.6 is 0 Å². The quantitative estimate of drug-likeness (QED) is 0.505. The Morgan fingerprint density at radius 1 is 0.875 bits per heavy atom. The van der Waals surface area contributed by atoms with Gasteiger partial charge in [0.25, 0.3) is 0 Å². The average Bonchev–Trinajstić information content (AvgIpc) is 2.17. The lowest BCUT2D eigenvalue weighted by atomic mass is 9.91. The molecule has 0 bridgehead atoms. The molecule has 0 aromatic heterocycles. The summed E-state index contributed by atoms with van der Waals surface area (Å²) in [6.07, 6.45) is -5.04. The van der Waals surface area contributed by atoms with E-state index in [2.05, 4.69) is 0 Å². The molecule has 1 aliphatic carbocycles. The fraction of sp³-hybridized carbons (Fsp3) is 0.778. The first kappa shape index (κ1) is 13.3. The van der Waals surface area contributed by atoms with Crippen molar-refractivity contribution in [2.75, 3.05) is 0 Å². The maximum Gasteiger partial charge on any atom is 0.460 e. The topological polar surface area (TPSA) is 0 Å². The minimum Gasteiger partial charge on any atom is -0.194 e. The van der Waals surface area contributed by atoms with E-state index in [-0.39, 0.29) is 12.8 Å². The van der Waals surface area contributed by atoms with Crippen LogP contribution in [0.4, 0.5) is 30.7 Å². The fourth-order valence-electron chi connectivity index (χ4n) is 1.50. The highest BCUT2D eigenvalue weighted by Gasteiger charge is 2.73. The molecule has 7 heteroatoms. The van der Waals surface area contributed by atoms with Crippen molar-refractivity contribution < 1.29 is 30.7 Å². The van der Waals surface area contributed by atoms with E-state index in [1.54, 1.807) is 0 Å². The van der Waals surface area contributed by atoms with Gasteiger partial charge in [-0.25, -0.2) is 0 Å². The predicted molar refractivity (Wildman–Crippen MR) is 42.5 cm³/mol. The fourth-order valence-corrected chi connectivity index (χ4v) is 1.50. The van der Waals surface area contributed by atoms with Crippen LogP contribution in [-0.2, 0) is 0 Å². The number of rotatable bonds is 2. The Hall–Kier alpha value is -0.750. The molecule has 94 valence electrons. The molecule has 16 heavy (non-hydrogen) atoms. The predicted octanol–water partition coefficient (Wildman–Crippen LogP) is 4.32. The van der Waals surface area contributed by atoms with Gasteiger partial charge in [0, 0.05) is 5.57 Å². The maximum absolute atomic E-state index is 13.0. The van der Waals surface area contributed by atoms with Gasteiger partial charge in [-0.1, -0.05) is 6.08 Å². The zero-order chi connectivity index (χ0) is 12.6. The standard InChI is InChI=1S/C9H9F7/c10-7(11,6-4-2-1-3-5-6)8(12,13)9(14,15)16/h4H,1-3,5H2. The number of allylic oxidation sites excluding steroid dienone is 2. The summed E-state index contributed by atoms with van der Waals surface area (Å²) < 4.78 is 86.7. The second-order valence-corrected chi connectivity index (χ2v) is 3.62. The zero-order valence-corrected chi connectivity index (χ0v) is 8.05. The number of halogens is 7. The van der Waals surface area contributed by atoms with Crippen LogP contribution in [-0.4, -0.2) is 18.0 Å². The summed E-state index contributed by atoms with van der Waals surface area (Å²) >= 11 is 0. The van der Waals surface area contributed by atoms with E-state index in [9.17, 15) is 30.7 Å². The molecule has 0 saturated heterocycles. The van der Waals surface area contributed by atoms with Gasteiger partial charge in [-0.2, -0.15) is 30.7 Å². The van der Waals surface area contributed by atoms with Crippen LogP contribution in [0.5, 0.6) is 0 Å². The van der Waals surface area contributed by atoms with Crippen molar-refractivity contribution in [1.29, 1.82) is 0 Å². The third-order valence-electron chi connectivity index (χ3n) is 2.44. The summed E-state index contributed by atoms with van der Waals surface area (Å²) in [6, 6.07) is 0. The van der Waals surface area contributed by atoms with E-state index in [1.165, 1.54) is 0 Å². The lowest BCUT2D eigenvalue weighted by molar-refractivity contribution is -0.345. The molecule has 0 heterocycles. The summed E-state index contributed by atoms with van der Waals surface area (Å²) in [7, 11) is 0. The van der Waals surface area contributed by atoms with Crippen LogP contribution in [0.25, 0.3) is 0 Å². The monoisotopic (exact) mass is 250 g/mol. The van der Waals surface area contributed by atoms with Gasteiger partial charge in [0.1, 0.15) is 0 Å². The molecule has 0 saturated carbocycles. The summed E-state index contributed by atoms with van der Waals surface area (Å²) in [4.78, 5) is 0. The van der Waals surface area contributed by atoms with Crippen LogP contribution in [0.1, 0.15) is 25.7 Å². The van der Waals surface area contributed by atoms with Crippen LogP contribution in [0.2, 0.25) is 0 Å². The molecule has 0 aromatic carbocycles. The van der Waals surface area contributed by atoms with Crippen molar-refractivity contribution in [2.45, 2.75) is 43.7 Å².